The van der Waals surface area contributed by atoms with Gasteiger partial charge in [0.15, 0.2) is 0 Å². The van der Waals surface area contributed by atoms with Crippen molar-refractivity contribution in [3.05, 3.63) is 34.6 Å². The van der Waals surface area contributed by atoms with Crippen molar-refractivity contribution in [2.24, 2.45) is 5.73 Å². The van der Waals surface area contributed by atoms with Gasteiger partial charge in [0.25, 0.3) is 0 Å². The summed E-state index contributed by atoms with van der Waals surface area (Å²) >= 11 is 5.01. The van der Waals surface area contributed by atoms with E-state index in [2.05, 4.69) is 10.2 Å². The minimum absolute atomic E-state index is 0.228. The summed E-state index contributed by atoms with van der Waals surface area (Å²) in [6.07, 6.45) is 0. The Morgan fingerprint density at radius 1 is 1.50 bits per heavy atom. The number of carbonyl (C=O) groups is 1. The first-order valence-electron chi connectivity index (χ1n) is 4.42. The molecule has 2 rings (SSSR count). The van der Waals surface area contributed by atoms with Gasteiger partial charge in [-0.1, -0.05) is 6.07 Å². The molecule has 1 heterocycles. The van der Waals surface area contributed by atoms with E-state index in [4.69, 9.17) is 23.7 Å². The van der Waals surface area contributed by atoms with Crippen molar-refractivity contribution in [1.29, 1.82) is 0 Å². The van der Waals surface area contributed by atoms with Crippen molar-refractivity contribution in [3.63, 3.8) is 0 Å². The summed E-state index contributed by atoms with van der Waals surface area (Å²) in [6.45, 7) is 0. The molecule has 16 heavy (non-hydrogen) atoms. The molecule has 2 aromatic rings. The number of primary amides is 1. The Bertz CT molecular complexity index is 600. The van der Waals surface area contributed by atoms with Gasteiger partial charge in [-0.2, -0.15) is 0 Å². The standard InChI is InChI=1S/C9H9N5OS/c10-7(15)5-2-1-3-6(4-5)14-8(11)12-13-9(14)16/h1-4H,(H2,10,15)(H2,11,12)(H,13,16). The number of rotatable bonds is 2. The van der Waals surface area contributed by atoms with Crippen LogP contribution in [-0.2, 0) is 0 Å². The fraction of sp³-hybridized carbons (Fsp3) is 0. The number of H-pyrrole nitrogens is 1. The molecule has 0 aliphatic heterocycles. The molecule has 82 valence electrons. The number of hydrogen-bond donors (Lipinski definition) is 3. The highest BCUT2D eigenvalue weighted by atomic mass is 32.1. The van der Waals surface area contributed by atoms with Crippen LogP contribution in [-0.4, -0.2) is 20.7 Å². The van der Waals surface area contributed by atoms with Crippen LogP contribution in [0.1, 0.15) is 10.4 Å². The molecule has 0 saturated carbocycles. The van der Waals surface area contributed by atoms with Crippen LogP contribution < -0.4 is 11.5 Å². The Hall–Kier alpha value is -2.15. The van der Waals surface area contributed by atoms with E-state index in [1.807, 2.05) is 0 Å². The van der Waals surface area contributed by atoms with Gasteiger partial charge < -0.3 is 11.5 Å². The summed E-state index contributed by atoms with van der Waals surface area (Å²) in [6, 6.07) is 6.67. The van der Waals surface area contributed by atoms with E-state index in [1.165, 1.54) is 4.57 Å². The first kappa shape index (κ1) is 10.4. The van der Waals surface area contributed by atoms with Gasteiger partial charge in [-0.25, -0.2) is 5.10 Å². The topological polar surface area (TPSA) is 103 Å². The van der Waals surface area contributed by atoms with Crippen molar-refractivity contribution < 1.29 is 4.79 Å². The van der Waals surface area contributed by atoms with Crippen LogP contribution in [0.2, 0.25) is 0 Å². The molecule has 0 fully saturated rings. The normalized spacial score (nSPS) is 10.2. The van der Waals surface area contributed by atoms with Gasteiger partial charge in [-0.15, -0.1) is 5.10 Å². The van der Waals surface area contributed by atoms with Gasteiger partial charge in [-0.05, 0) is 30.4 Å². The number of aromatic amines is 1. The van der Waals surface area contributed by atoms with Gasteiger partial charge >= 0.3 is 0 Å². The monoisotopic (exact) mass is 235 g/mol. The van der Waals surface area contributed by atoms with E-state index in [-0.39, 0.29) is 5.95 Å². The Morgan fingerprint density at radius 2 is 2.25 bits per heavy atom. The average Bonchev–Trinajstić information content (AvgIpc) is 2.59. The Labute approximate surface area is 95.9 Å². The van der Waals surface area contributed by atoms with Crippen LogP contribution in [0.3, 0.4) is 0 Å². The van der Waals surface area contributed by atoms with E-state index < -0.39 is 5.91 Å². The van der Waals surface area contributed by atoms with E-state index in [1.54, 1.807) is 24.3 Å². The second-order valence-corrected chi connectivity index (χ2v) is 3.52. The summed E-state index contributed by atoms with van der Waals surface area (Å²) in [7, 11) is 0. The lowest BCUT2D eigenvalue weighted by molar-refractivity contribution is 0.100. The molecule has 0 aliphatic carbocycles. The predicted molar refractivity (Wildman–Crippen MR) is 61.7 cm³/mol. The van der Waals surface area contributed by atoms with Gasteiger partial charge in [0.1, 0.15) is 0 Å². The smallest absolute Gasteiger partial charge is 0.248 e. The zero-order chi connectivity index (χ0) is 11.7. The zero-order valence-electron chi connectivity index (χ0n) is 8.18. The fourth-order valence-corrected chi connectivity index (χ4v) is 1.60. The first-order valence-corrected chi connectivity index (χ1v) is 4.83. The number of benzene rings is 1. The quantitative estimate of drug-likeness (QED) is 0.663. The molecule has 5 N–H and O–H groups in total. The second kappa shape index (κ2) is 3.78. The van der Waals surface area contributed by atoms with Crippen molar-refractivity contribution in [1.82, 2.24) is 14.8 Å². The summed E-state index contributed by atoms with van der Waals surface area (Å²) in [5.41, 5.74) is 11.9. The molecule has 0 bridgehead atoms. The third kappa shape index (κ3) is 1.68. The molecule has 0 radical (unpaired) electrons. The average molecular weight is 235 g/mol. The van der Waals surface area contributed by atoms with Crippen molar-refractivity contribution in [2.75, 3.05) is 5.73 Å². The number of amides is 1. The molecule has 1 aromatic heterocycles. The van der Waals surface area contributed by atoms with Gasteiger partial charge in [0, 0.05) is 5.56 Å². The fourth-order valence-electron chi connectivity index (χ4n) is 1.36. The predicted octanol–water partition coefficient (Wildman–Crippen LogP) is 0.611. The van der Waals surface area contributed by atoms with Crippen LogP contribution >= 0.6 is 12.2 Å². The maximum absolute atomic E-state index is 11.0. The van der Waals surface area contributed by atoms with Crippen LogP contribution in [0, 0.1) is 4.77 Å². The van der Waals surface area contributed by atoms with Gasteiger partial charge in [0.05, 0.1) is 5.69 Å². The number of hydrogen-bond acceptors (Lipinski definition) is 4. The molecule has 6 nitrogen and oxygen atoms in total. The minimum Gasteiger partial charge on any atom is -0.368 e. The highest BCUT2D eigenvalue weighted by molar-refractivity contribution is 7.71. The Kier molecular flexibility index (Phi) is 2.45. The van der Waals surface area contributed by atoms with Crippen molar-refractivity contribution in [2.45, 2.75) is 0 Å². The second-order valence-electron chi connectivity index (χ2n) is 3.14. The maximum Gasteiger partial charge on any atom is 0.248 e. The van der Waals surface area contributed by atoms with Crippen LogP contribution in [0.15, 0.2) is 24.3 Å². The SMILES string of the molecule is NC(=O)c1cccc(-n2c(N)n[nH]c2=S)c1. The molecular weight excluding hydrogens is 226 g/mol. The van der Waals surface area contributed by atoms with E-state index in [0.29, 0.717) is 16.0 Å². The molecular formula is C9H9N5OS. The number of aromatic nitrogens is 3. The molecule has 1 aromatic carbocycles. The third-order valence-corrected chi connectivity index (χ3v) is 2.36. The number of nitrogens with one attached hydrogen (secondary N) is 1. The summed E-state index contributed by atoms with van der Waals surface area (Å²) in [5, 5.41) is 6.33. The maximum atomic E-state index is 11.0. The lowest BCUT2D eigenvalue weighted by atomic mass is 10.2. The van der Waals surface area contributed by atoms with Crippen LogP contribution in [0.5, 0.6) is 0 Å². The zero-order valence-corrected chi connectivity index (χ0v) is 8.99. The van der Waals surface area contributed by atoms with Crippen molar-refractivity contribution in [3.8, 4) is 5.69 Å². The Balaban J connectivity index is 2.61. The summed E-state index contributed by atoms with van der Waals surface area (Å²) < 4.78 is 1.88. The third-order valence-electron chi connectivity index (χ3n) is 2.09. The molecule has 0 atom stereocenters. The first-order chi connectivity index (χ1) is 7.59. The highest BCUT2D eigenvalue weighted by Crippen LogP contribution is 2.13. The molecule has 1 amide bonds. The van der Waals surface area contributed by atoms with Gasteiger partial charge in [0.2, 0.25) is 16.6 Å². The van der Waals surface area contributed by atoms with Crippen LogP contribution in [0.4, 0.5) is 5.95 Å². The molecule has 0 saturated heterocycles. The lowest BCUT2D eigenvalue weighted by Crippen LogP contribution is -2.11. The highest BCUT2D eigenvalue weighted by Gasteiger charge is 2.07. The Morgan fingerprint density at radius 3 is 2.81 bits per heavy atom. The number of nitrogens with two attached hydrogens (primary N) is 2. The minimum atomic E-state index is -0.504. The lowest BCUT2D eigenvalue weighted by Gasteiger charge is -2.04. The molecule has 0 aliphatic rings. The molecule has 0 unspecified atom stereocenters. The largest absolute Gasteiger partial charge is 0.368 e. The van der Waals surface area contributed by atoms with E-state index in [0.717, 1.165) is 0 Å². The number of anilines is 1. The number of nitrogen functional groups attached to an aromatic ring is 1. The molecule has 0 spiro atoms. The van der Waals surface area contributed by atoms with Crippen LogP contribution in [0.25, 0.3) is 5.69 Å². The summed E-state index contributed by atoms with van der Waals surface area (Å²) in [4.78, 5) is 11.0. The number of nitrogens with zero attached hydrogens (tertiary/aromatic N) is 2. The van der Waals surface area contributed by atoms with Gasteiger partial charge in [-0.3, -0.25) is 9.36 Å². The van der Waals surface area contributed by atoms with E-state index >= 15 is 0 Å². The number of carbonyl (C=O) groups excluding carboxylic acids is 1. The summed E-state index contributed by atoms with van der Waals surface area (Å²) in [5.74, 6) is -0.276. The molecule has 7 heteroatoms. The van der Waals surface area contributed by atoms with E-state index in [9.17, 15) is 4.79 Å². The van der Waals surface area contributed by atoms with Crippen molar-refractivity contribution >= 4 is 24.1 Å².